The minimum absolute atomic E-state index is 0.133. The molecule has 0 aliphatic carbocycles. The molecule has 0 bridgehead atoms. The third kappa shape index (κ3) is 4.10. The van der Waals surface area contributed by atoms with Crippen LogP contribution in [0.5, 0.6) is 5.75 Å². The number of aliphatic imine (C=N–C) groups is 1. The fourth-order valence-electron chi connectivity index (χ4n) is 2.26. The van der Waals surface area contributed by atoms with Gasteiger partial charge in [-0.1, -0.05) is 31.9 Å². The van der Waals surface area contributed by atoms with E-state index in [1.165, 1.54) is 12.8 Å². The van der Waals surface area contributed by atoms with E-state index in [4.69, 9.17) is 9.47 Å². The Hall–Kier alpha value is -1.77. The van der Waals surface area contributed by atoms with Gasteiger partial charge in [0.2, 0.25) is 5.90 Å². The number of unbranched alkanes of at least 4 members (excludes halogenated alkanes) is 2. The van der Waals surface area contributed by atoms with Gasteiger partial charge in [-0.25, -0.2) is 4.99 Å². The predicted molar refractivity (Wildman–Crippen MR) is 88.1 cm³/mol. The van der Waals surface area contributed by atoms with Crippen molar-refractivity contribution in [1.29, 1.82) is 0 Å². The minimum Gasteiger partial charge on any atom is -0.496 e. The molecule has 0 aromatic heterocycles. The monoisotopic (exact) mass is 287 g/mol. The molecule has 1 aromatic carbocycles. The second-order valence-corrected chi connectivity index (χ2v) is 6.02. The summed E-state index contributed by atoms with van der Waals surface area (Å²) in [6.45, 7) is 6.99. The molecule has 3 heteroatoms. The summed E-state index contributed by atoms with van der Waals surface area (Å²) in [6.07, 6.45) is 7.84. The topological polar surface area (TPSA) is 30.8 Å². The Kier molecular flexibility index (Phi) is 5.05. The average Bonchev–Trinajstić information content (AvgIpc) is 2.83. The van der Waals surface area contributed by atoms with Crippen LogP contribution in [0.4, 0.5) is 0 Å². The number of rotatable bonds is 6. The second kappa shape index (κ2) is 6.79. The van der Waals surface area contributed by atoms with E-state index in [0.717, 1.165) is 29.2 Å². The maximum absolute atomic E-state index is 5.71. The molecule has 0 atom stereocenters. The lowest BCUT2D eigenvalue weighted by atomic mass is 10.1. The maximum atomic E-state index is 5.71. The summed E-state index contributed by atoms with van der Waals surface area (Å²) in [5, 5.41) is 0. The van der Waals surface area contributed by atoms with Gasteiger partial charge < -0.3 is 9.47 Å². The third-order valence-electron chi connectivity index (χ3n) is 3.46. The van der Waals surface area contributed by atoms with Gasteiger partial charge in [-0.3, -0.25) is 0 Å². The van der Waals surface area contributed by atoms with Crippen LogP contribution in [0.15, 0.2) is 29.3 Å². The quantitative estimate of drug-likeness (QED) is 0.723. The molecule has 0 saturated carbocycles. The van der Waals surface area contributed by atoms with Crippen molar-refractivity contribution in [2.75, 3.05) is 13.7 Å². The summed E-state index contributed by atoms with van der Waals surface area (Å²) in [5.74, 6) is 1.61. The zero-order valence-corrected chi connectivity index (χ0v) is 13.5. The summed E-state index contributed by atoms with van der Waals surface area (Å²) in [5.41, 5.74) is 1.95. The van der Waals surface area contributed by atoms with Crippen molar-refractivity contribution in [3.8, 4) is 5.75 Å². The van der Waals surface area contributed by atoms with Crippen molar-refractivity contribution in [3.63, 3.8) is 0 Å². The zero-order valence-electron chi connectivity index (χ0n) is 13.5. The summed E-state index contributed by atoms with van der Waals surface area (Å²) in [7, 11) is 1.70. The normalized spacial score (nSPS) is 16.9. The van der Waals surface area contributed by atoms with Gasteiger partial charge in [0.1, 0.15) is 12.4 Å². The van der Waals surface area contributed by atoms with E-state index in [0.29, 0.717) is 6.61 Å². The average molecular weight is 287 g/mol. The Bertz CT molecular complexity index is 544. The van der Waals surface area contributed by atoms with Crippen LogP contribution in [-0.2, 0) is 4.74 Å². The van der Waals surface area contributed by atoms with E-state index in [9.17, 15) is 0 Å². The molecule has 114 valence electrons. The van der Waals surface area contributed by atoms with E-state index in [1.54, 1.807) is 7.11 Å². The molecule has 0 amide bonds. The van der Waals surface area contributed by atoms with Crippen LogP contribution in [0.3, 0.4) is 0 Å². The highest BCUT2D eigenvalue weighted by atomic mass is 16.5. The Balaban J connectivity index is 2.23. The molecule has 3 nitrogen and oxygen atoms in total. The van der Waals surface area contributed by atoms with Crippen molar-refractivity contribution in [3.05, 3.63) is 35.4 Å². The molecule has 1 aliphatic heterocycles. The molecule has 0 radical (unpaired) electrons. The van der Waals surface area contributed by atoms with Crippen LogP contribution in [-0.4, -0.2) is 25.2 Å². The maximum Gasteiger partial charge on any atom is 0.216 e. The highest BCUT2D eigenvalue weighted by Gasteiger charge is 2.27. The lowest BCUT2D eigenvalue weighted by Gasteiger charge is -2.08. The molecular weight excluding hydrogens is 262 g/mol. The van der Waals surface area contributed by atoms with Crippen molar-refractivity contribution >= 4 is 12.0 Å². The first kappa shape index (κ1) is 15.6. The van der Waals surface area contributed by atoms with Crippen molar-refractivity contribution in [1.82, 2.24) is 0 Å². The van der Waals surface area contributed by atoms with E-state index < -0.39 is 0 Å². The fourth-order valence-corrected chi connectivity index (χ4v) is 2.26. The molecule has 0 fully saturated rings. The van der Waals surface area contributed by atoms with Gasteiger partial charge in [0.15, 0.2) is 0 Å². The number of ether oxygens (including phenoxy) is 2. The first-order valence-electron chi connectivity index (χ1n) is 7.63. The summed E-state index contributed by atoms with van der Waals surface area (Å²) < 4.78 is 11.1. The molecular formula is C18H25NO2. The van der Waals surface area contributed by atoms with Crippen LogP contribution in [0, 0.1) is 0 Å². The van der Waals surface area contributed by atoms with E-state index >= 15 is 0 Å². The molecule has 1 aromatic rings. The SMILES string of the molecule is CCCC/C=C/c1cc(C2=NC(C)(C)CO2)ccc1OC. The molecule has 0 saturated heterocycles. The molecule has 21 heavy (non-hydrogen) atoms. The van der Waals surface area contributed by atoms with Gasteiger partial charge in [-0.15, -0.1) is 0 Å². The number of hydrogen-bond acceptors (Lipinski definition) is 3. The Morgan fingerprint density at radius 1 is 1.38 bits per heavy atom. The van der Waals surface area contributed by atoms with Crippen LogP contribution >= 0.6 is 0 Å². The second-order valence-electron chi connectivity index (χ2n) is 6.02. The molecule has 1 aliphatic rings. The van der Waals surface area contributed by atoms with Gasteiger partial charge in [-0.05, 0) is 38.5 Å². The fraction of sp³-hybridized carbons (Fsp3) is 0.500. The third-order valence-corrected chi connectivity index (χ3v) is 3.46. The number of hydrogen-bond donors (Lipinski definition) is 0. The van der Waals surface area contributed by atoms with Gasteiger partial charge in [0.25, 0.3) is 0 Å². The molecule has 0 spiro atoms. The lowest BCUT2D eigenvalue weighted by Crippen LogP contribution is -2.17. The van der Waals surface area contributed by atoms with Gasteiger partial charge >= 0.3 is 0 Å². The minimum atomic E-state index is -0.133. The van der Waals surface area contributed by atoms with Crippen molar-refractivity contribution < 1.29 is 9.47 Å². The van der Waals surface area contributed by atoms with Crippen LogP contribution in [0.25, 0.3) is 6.08 Å². The summed E-state index contributed by atoms with van der Waals surface area (Å²) in [6, 6.07) is 6.07. The predicted octanol–water partition coefficient (Wildman–Crippen LogP) is 4.45. The lowest BCUT2D eigenvalue weighted by molar-refractivity contribution is 0.279. The summed E-state index contributed by atoms with van der Waals surface area (Å²) >= 11 is 0. The Morgan fingerprint density at radius 2 is 2.19 bits per heavy atom. The van der Waals surface area contributed by atoms with E-state index in [2.05, 4.69) is 44.0 Å². The first-order valence-corrected chi connectivity index (χ1v) is 7.63. The van der Waals surface area contributed by atoms with Crippen LogP contribution in [0.1, 0.15) is 51.2 Å². The highest BCUT2D eigenvalue weighted by Crippen LogP contribution is 2.26. The van der Waals surface area contributed by atoms with Crippen molar-refractivity contribution in [2.24, 2.45) is 4.99 Å². The van der Waals surface area contributed by atoms with E-state index in [1.807, 2.05) is 12.1 Å². The number of benzene rings is 1. The molecule has 0 N–H and O–H groups in total. The largest absolute Gasteiger partial charge is 0.496 e. The molecule has 2 rings (SSSR count). The highest BCUT2D eigenvalue weighted by molar-refractivity contribution is 5.96. The number of nitrogens with zero attached hydrogens (tertiary/aromatic N) is 1. The number of methoxy groups -OCH3 is 1. The standard InChI is InChI=1S/C18H25NO2/c1-5-6-7-8-9-14-12-15(10-11-16(14)20-4)17-19-18(2,3)13-21-17/h8-12H,5-7,13H2,1-4H3/b9-8+. The van der Waals surface area contributed by atoms with Gasteiger partial charge in [-0.2, -0.15) is 0 Å². The molecule has 0 unspecified atom stereocenters. The molecule has 1 heterocycles. The van der Waals surface area contributed by atoms with Crippen LogP contribution < -0.4 is 4.74 Å². The van der Waals surface area contributed by atoms with Gasteiger partial charge in [0, 0.05) is 11.1 Å². The van der Waals surface area contributed by atoms with Crippen LogP contribution in [0.2, 0.25) is 0 Å². The van der Waals surface area contributed by atoms with Gasteiger partial charge in [0.05, 0.1) is 12.6 Å². The van der Waals surface area contributed by atoms with E-state index in [-0.39, 0.29) is 5.54 Å². The zero-order chi connectivity index (χ0) is 15.3. The van der Waals surface area contributed by atoms with Crippen molar-refractivity contribution in [2.45, 2.75) is 45.6 Å². The number of allylic oxidation sites excluding steroid dienone is 1. The Morgan fingerprint density at radius 3 is 2.81 bits per heavy atom. The Labute approximate surface area is 127 Å². The summed E-state index contributed by atoms with van der Waals surface area (Å²) in [4.78, 5) is 4.63. The smallest absolute Gasteiger partial charge is 0.216 e. The first-order chi connectivity index (χ1) is 10.1.